The molecule has 2 aromatic rings. The molecule has 1 aliphatic rings. The summed E-state index contributed by atoms with van der Waals surface area (Å²) in [5.41, 5.74) is 1.88. The summed E-state index contributed by atoms with van der Waals surface area (Å²) in [6.07, 6.45) is 8.49. The second-order valence-corrected chi connectivity index (χ2v) is 7.44. The Morgan fingerprint density at radius 3 is 2.61 bits per heavy atom. The van der Waals surface area contributed by atoms with Gasteiger partial charge in [0.25, 0.3) is 11.6 Å². The van der Waals surface area contributed by atoms with Gasteiger partial charge >= 0.3 is 0 Å². The summed E-state index contributed by atoms with van der Waals surface area (Å²) in [4.78, 5) is 39.6. The normalized spacial score (nSPS) is 13.2. The fourth-order valence-electron chi connectivity index (χ4n) is 3.60. The predicted octanol–water partition coefficient (Wildman–Crippen LogP) is 3.28. The maximum absolute atomic E-state index is 13.1. The second-order valence-electron chi connectivity index (χ2n) is 7.44. The van der Waals surface area contributed by atoms with Gasteiger partial charge in [-0.05, 0) is 43.5 Å². The Morgan fingerprint density at radius 1 is 1.19 bits per heavy atom. The van der Waals surface area contributed by atoms with Crippen LogP contribution in [-0.2, 0) is 4.79 Å². The molecule has 0 bridgehead atoms. The van der Waals surface area contributed by atoms with Gasteiger partial charge in [-0.2, -0.15) is 0 Å². The van der Waals surface area contributed by atoms with Crippen LogP contribution in [0.5, 0.6) is 0 Å². The minimum Gasteiger partial charge on any atom is -0.371 e. The maximum Gasteiger partial charge on any atom is 0.270 e. The zero-order chi connectivity index (χ0) is 22.4. The lowest BCUT2D eigenvalue weighted by atomic mass is 10.1. The largest absolute Gasteiger partial charge is 0.371 e. The number of amides is 2. The minimum absolute atomic E-state index is 0.159. The van der Waals surface area contributed by atoms with Crippen molar-refractivity contribution >= 4 is 28.9 Å². The molecule has 2 amide bonds. The highest BCUT2D eigenvalue weighted by Gasteiger charge is 2.24. The van der Waals surface area contributed by atoms with Crippen LogP contribution in [0.2, 0.25) is 0 Å². The topological polar surface area (TPSA) is 95.8 Å². The van der Waals surface area contributed by atoms with Gasteiger partial charge in [0, 0.05) is 43.5 Å². The molecule has 2 aromatic carbocycles. The van der Waals surface area contributed by atoms with Gasteiger partial charge in [-0.3, -0.25) is 19.7 Å². The van der Waals surface area contributed by atoms with Gasteiger partial charge in [0.05, 0.1) is 22.7 Å². The summed E-state index contributed by atoms with van der Waals surface area (Å²) in [5.74, 6) is 1.66. The van der Waals surface area contributed by atoms with Crippen molar-refractivity contribution in [3.63, 3.8) is 0 Å². The van der Waals surface area contributed by atoms with E-state index in [9.17, 15) is 19.7 Å². The number of likely N-dealkylation sites (N-methyl/N-ethyl adjacent to an activating group) is 1. The lowest BCUT2D eigenvalue weighted by molar-refractivity contribution is -0.384. The Balaban J connectivity index is 1.78. The fraction of sp³-hybridized carbons (Fsp3) is 0.304. The zero-order valence-corrected chi connectivity index (χ0v) is 17.3. The highest BCUT2D eigenvalue weighted by molar-refractivity contribution is 6.03. The van der Waals surface area contributed by atoms with Crippen molar-refractivity contribution in [2.24, 2.45) is 0 Å². The van der Waals surface area contributed by atoms with Crippen molar-refractivity contribution in [1.29, 1.82) is 0 Å². The Labute approximate surface area is 181 Å². The molecular formula is C23H24N4O4. The van der Waals surface area contributed by atoms with E-state index in [0.29, 0.717) is 16.9 Å². The highest BCUT2D eigenvalue weighted by Crippen LogP contribution is 2.29. The standard InChI is InChI=1S/C23H24N4O4/c1-3-17-8-7-9-18(14-17)24-22(28)16-25(2)23(29)20-15-19(27(30)31)10-11-21(20)26-12-5-4-6-13-26/h1,7-11,14-15H,4-6,12-13,16H2,2H3,(H,24,28). The molecule has 0 aliphatic carbocycles. The lowest BCUT2D eigenvalue weighted by Gasteiger charge is -2.31. The van der Waals surface area contributed by atoms with E-state index in [2.05, 4.69) is 16.1 Å². The molecule has 1 heterocycles. The van der Waals surface area contributed by atoms with Gasteiger partial charge < -0.3 is 15.1 Å². The third-order valence-electron chi connectivity index (χ3n) is 5.16. The van der Waals surface area contributed by atoms with Crippen molar-refractivity contribution < 1.29 is 14.5 Å². The molecule has 1 saturated heterocycles. The monoisotopic (exact) mass is 420 g/mol. The van der Waals surface area contributed by atoms with Crippen LogP contribution in [0.15, 0.2) is 42.5 Å². The SMILES string of the molecule is C#Cc1cccc(NC(=O)CN(C)C(=O)c2cc([N+](=O)[O-])ccc2N2CCCCC2)c1. The van der Waals surface area contributed by atoms with Crippen molar-refractivity contribution in [3.05, 3.63) is 63.7 Å². The zero-order valence-electron chi connectivity index (χ0n) is 17.3. The number of hydrogen-bond donors (Lipinski definition) is 1. The van der Waals surface area contributed by atoms with Crippen LogP contribution < -0.4 is 10.2 Å². The van der Waals surface area contributed by atoms with Crippen LogP contribution in [0.3, 0.4) is 0 Å². The number of benzene rings is 2. The first-order valence-electron chi connectivity index (χ1n) is 10.0. The summed E-state index contributed by atoms with van der Waals surface area (Å²) < 4.78 is 0. The number of terminal acetylenes is 1. The van der Waals surface area contributed by atoms with Crippen molar-refractivity contribution in [1.82, 2.24) is 4.90 Å². The number of nitrogens with zero attached hydrogens (tertiary/aromatic N) is 3. The molecule has 31 heavy (non-hydrogen) atoms. The van der Waals surface area contributed by atoms with Gasteiger partial charge in [0.15, 0.2) is 0 Å². The van der Waals surface area contributed by atoms with Crippen LogP contribution >= 0.6 is 0 Å². The fourth-order valence-corrected chi connectivity index (χ4v) is 3.60. The first-order chi connectivity index (χ1) is 14.9. The van der Waals surface area contributed by atoms with Gasteiger partial charge in [0.2, 0.25) is 5.91 Å². The van der Waals surface area contributed by atoms with Crippen molar-refractivity contribution in [3.8, 4) is 12.3 Å². The lowest BCUT2D eigenvalue weighted by Crippen LogP contribution is -2.37. The van der Waals surface area contributed by atoms with E-state index in [0.717, 1.165) is 32.4 Å². The smallest absolute Gasteiger partial charge is 0.270 e. The number of nitro groups is 1. The number of carbonyl (C=O) groups excluding carboxylic acids is 2. The van der Waals surface area contributed by atoms with Crippen LogP contribution in [-0.4, -0.2) is 48.3 Å². The average molecular weight is 420 g/mol. The molecule has 0 aromatic heterocycles. The van der Waals surface area contributed by atoms with E-state index in [1.807, 2.05) is 0 Å². The first kappa shape index (κ1) is 21.8. The molecule has 160 valence electrons. The highest BCUT2D eigenvalue weighted by atomic mass is 16.6. The molecule has 8 nitrogen and oxygen atoms in total. The minimum atomic E-state index is -0.526. The average Bonchev–Trinajstić information content (AvgIpc) is 2.78. The molecule has 0 saturated carbocycles. The molecular weight excluding hydrogens is 396 g/mol. The van der Waals surface area contributed by atoms with Crippen LogP contribution in [0.25, 0.3) is 0 Å². The molecule has 0 spiro atoms. The summed E-state index contributed by atoms with van der Waals surface area (Å²) in [7, 11) is 1.50. The van der Waals surface area contributed by atoms with Crippen molar-refractivity contribution in [2.45, 2.75) is 19.3 Å². The van der Waals surface area contributed by atoms with Gasteiger partial charge in [-0.15, -0.1) is 6.42 Å². The molecule has 1 fully saturated rings. The molecule has 1 N–H and O–H groups in total. The molecule has 8 heteroatoms. The van der Waals surface area contributed by atoms with Gasteiger partial charge in [-0.1, -0.05) is 12.0 Å². The first-order valence-corrected chi connectivity index (χ1v) is 10.0. The molecule has 0 atom stereocenters. The van der Waals surface area contributed by atoms with E-state index in [1.165, 1.54) is 24.1 Å². The number of rotatable bonds is 6. The Kier molecular flexibility index (Phi) is 6.88. The quantitative estimate of drug-likeness (QED) is 0.440. The third-order valence-corrected chi connectivity index (χ3v) is 5.16. The van der Waals surface area contributed by atoms with Gasteiger partial charge in [-0.25, -0.2) is 0 Å². The van der Waals surface area contributed by atoms with Crippen LogP contribution in [0, 0.1) is 22.5 Å². The molecule has 0 radical (unpaired) electrons. The number of non-ortho nitro benzene ring substituents is 1. The Hall–Kier alpha value is -3.86. The number of anilines is 2. The van der Waals surface area contributed by atoms with Crippen LogP contribution in [0.1, 0.15) is 35.2 Å². The van der Waals surface area contributed by atoms with E-state index in [4.69, 9.17) is 6.42 Å². The third kappa shape index (κ3) is 5.39. The second kappa shape index (κ2) is 9.76. The number of carbonyl (C=O) groups is 2. The van der Waals surface area contributed by atoms with E-state index in [-0.39, 0.29) is 17.8 Å². The number of piperidine rings is 1. The Bertz CT molecular complexity index is 1040. The molecule has 1 aliphatic heterocycles. The van der Waals surface area contributed by atoms with Crippen molar-refractivity contribution in [2.75, 3.05) is 36.9 Å². The summed E-state index contributed by atoms with van der Waals surface area (Å²) in [6.45, 7) is 1.36. The summed E-state index contributed by atoms with van der Waals surface area (Å²) in [6, 6.07) is 11.2. The summed E-state index contributed by atoms with van der Waals surface area (Å²) in [5, 5.41) is 14.0. The Morgan fingerprint density at radius 2 is 1.94 bits per heavy atom. The summed E-state index contributed by atoms with van der Waals surface area (Å²) >= 11 is 0. The number of nitrogens with one attached hydrogen (secondary N) is 1. The van der Waals surface area contributed by atoms with Gasteiger partial charge in [0.1, 0.15) is 0 Å². The number of hydrogen-bond acceptors (Lipinski definition) is 5. The molecule has 3 rings (SSSR count). The van der Waals surface area contributed by atoms with Crippen LogP contribution in [0.4, 0.5) is 17.1 Å². The number of nitro benzene ring substituents is 1. The van der Waals surface area contributed by atoms with E-state index >= 15 is 0 Å². The molecule has 0 unspecified atom stereocenters. The predicted molar refractivity (Wildman–Crippen MR) is 119 cm³/mol. The van der Waals surface area contributed by atoms with E-state index in [1.54, 1.807) is 30.3 Å². The maximum atomic E-state index is 13.1. The van der Waals surface area contributed by atoms with E-state index < -0.39 is 16.7 Å².